The van der Waals surface area contributed by atoms with Crippen LogP contribution < -0.4 is 0 Å². The number of rotatable bonds is 4. The second kappa shape index (κ2) is 7.72. The summed E-state index contributed by atoms with van der Waals surface area (Å²) in [5.41, 5.74) is 5.81. The molecule has 0 atom stereocenters. The average Bonchev–Trinajstić information content (AvgIpc) is 3.50. The SMILES string of the molecule is Cc1ccc(Cc2nc3c(-c4cc5sccc5s4)nc(-c4ccc(O)cc4)cn3c2O)cc1. The number of fused-ring (bicyclic) bond motifs is 2. The van der Waals surface area contributed by atoms with Gasteiger partial charge in [0, 0.05) is 27.6 Å². The Morgan fingerprint density at radius 2 is 1.70 bits per heavy atom. The van der Waals surface area contributed by atoms with Crippen molar-refractivity contribution in [2.24, 2.45) is 0 Å². The number of hydrogen-bond acceptors (Lipinski definition) is 6. The lowest BCUT2D eigenvalue weighted by Gasteiger charge is -2.07. The Morgan fingerprint density at radius 3 is 2.45 bits per heavy atom. The number of imidazole rings is 1. The number of phenols is 1. The van der Waals surface area contributed by atoms with Crippen LogP contribution in [0.1, 0.15) is 16.8 Å². The number of aromatic hydroxyl groups is 2. The van der Waals surface area contributed by atoms with Crippen molar-refractivity contribution in [1.29, 1.82) is 0 Å². The minimum Gasteiger partial charge on any atom is -0.508 e. The zero-order chi connectivity index (χ0) is 22.5. The zero-order valence-corrected chi connectivity index (χ0v) is 19.3. The first kappa shape index (κ1) is 20.0. The molecule has 0 spiro atoms. The van der Waals surface area contributed by atoms with Crippen LogP contribution in [-0.4, -0.2) is 24.6 Å². The van der Waals surface area contributed by atoms with Crippen molar-refractivity contribution >= 4 is 37.7 Å². The fourth-order valence-corrected chi connectivity index (χ4v) is 6.01. The van der Waals surface area contributed by atoms with Gasteiger partial charge in [-0.3, -0.25) is 4.40 Å². The third-order valence-corrected chi connectivity index (χ3v) is 7.78. The molecule has 4 heterocycles. The maximum Gasteiger partial charge on any atom is 0.219 e. The van der Waals surface area contributed by atoms with E-state index in [9.17, 15) is 10.2 Å². The van der Waals surface area contributed by atoms with Crippen molar-refractivity contribution < 1.29 is 10.2 Å². The van der Waals surface area contributed by atoms with Gasteiger partial charge in [0.05, 0.1) is 10.6 Å². The predicted octanol–water partition coefficient (Wildman–Crippen LogP) is 6.65. The Bertz CT molecular complexity index is 1580. The molecular formula is C26H19N3O2S2. The smallest absolute Gasteiger partial charge is 0.219 e. The van der Waals surface area contributed by atoms with E-state index in [-0.39, 0.29) is 11.6 Å². The molecule has 4 aromatic heterocycles. The largest absolute Gasteiger partial charge is 0.508 e. The number of nitrogens with zero attached hydrogens (tertiary/aromatic N) is 3. The number of hydrogen-bond donors (Lipinski definition) is 2. The van der Waals surface area contributed by atoms with E-state index >= 15 is 0 Å². The molecule has 0 aliphatic heterocycles. The van der Waals surface area contributed by atoms with Gasteiger partial charge >= 0.3 is 0 Å². The van der Waals surface area contributed by atoms with Crippen LogP contribution in [0.5, 0.6) is 11.6 Å². The summed E-state index contributed by atoms with van der Waals surface area (Å²) < 4.78 is 4.14. The van der Waals surface area contributed by atoms with Crippen molar-refractivity contribution in [1.82, 2.24) is 14.4 Å². The number of phenolic OH excluding ortho intramolecular Hbond substituents is 1. The third-order valence-electron chi connectivity index (χ3n) is 5.68. The predicted molar refractivity (Wildman–Crippen MR) is 134 cm³/mol. The minimum absolute atomic E-state index is 0.118. The second-order valence-corrected chi connectivity index (χ2v) is 10.1. The maximum absolute atomic E-state index is 11.1. The molecule has 0 amide bonds. The third kappa shape index (κ3) is 3.55. The molecule has 0 bridgehead atoms. The van der Waals surface area contributed by atoms with Gasteiger partial charge in [-0.15, -0.1) is 22.7 Å². The van der Waals surface area contributed by atoms with Gasteiger partial charge in [0.25, 0.3) is 0 Å². The molecule has 33 heavy (non-hydrogen) atoms. The molecule has 0 saturated heterocycles. The molecule has 0 aliphatic rings. The minimum atomic E-state index is 0.118. The van der Waals surface area contributed by atoms with Crippen molar-refractivity contribution in [3.63, 3.8) is 0 Å². The lowest BCUT2D eigenvalue weighted by atomic mass is 10.1. The van der Waals surface area contributed by atoms with Crippen LogP contribution in [0, 0.1) is 6.92 Å². The monoisotopic (exact) mass is 469 g/mol. The molecule has 6 rings (SSSR count). The van der Waals surface area contributed by atoms with Gasteiger partial charge in [0.1, 0.15) is 17.1 Å². The van der Waals surface area contributed by atoms with E-state index in [0.717, 1.165) is 21.7 Å². The van der Waals surface area contributed by atoms with Gasteiger partial charge in [-0.05, 0) is 54.3 Å². The summed E-state index contributed by atoms with van der Waals surface area (Å²) in [6.45, 7) is 2.06. The summed E-state index contributed by atoms with van der Waals surface area (Å²) >= 11 is 3.37. The molecule has 0 fully saturated rings. The van der Waals surface area contributed by atoms with Crippen LogP contribution in [0.15, 0.2) is 72.2 Å². The summed E-state index contributed by atoms with van der Waals surface area (Å²) in [7, 11) is 0. The highest BCUT2D eigenvalue weighted by Crippen LogP contribution is 2.39. The highest BCUT2D eigenvalue weighted by atomic mass is 32.1. The maximum atomic E-state index is 11.1. The zero-order valence-electron chi connectivity index (χ0n) is 17.7. The van der Waals surface area contributed by atoms with E-state index in [4.69, 9.17) is 9.97 Å². The molecular weight excluding hydrogens is 450 g/mol. The molecule has 7 heteroatoms. The molecule has 2 aromatic carbocycles. The summed E-state index contributed by atoms with van der Waals surface area (Å²) in [5, 5.41) is 22.9. The molecule has 2 N–H and O–H groups in total. The highest BCUT2D eigenvalue weighted by molar-refractivity contribution is 7.28. The van der Waals surface area contributed by atoms with E-state index in [1.165, 1.54) is 15.0 Å². The Hall–Kier alpha value is -3.68. The van der Waals surface area contributed by atoms with Gasteiger partial charge in [-0.2, -0.15) is 0 Å². The van der Waals surface area contributed by atoms with Gasteiger partial charge in [0.2, 0.25) is 5.88 Å². The van der Waals surface area contributed by atoms with Crippen molar-refractivity contribution in [3.05, 3.63) is 89.1 Å². The van der Waals surface area contributed by atoms with Crippen LogP contribution in [0.4, 0.5) is 0 Å². The van der Waals surface area contributed by atoms with Crippen LogP contribution in [0.25, 0.3) is 36.9 Å². The van der Waals surface area contributed by atoms with Crippen LogP contribution >= 0.6 is 22.7 Å². The molecule has 0 radical (unpaired) electrons. The lowest BCUT2D eigenvalue weighted by molar-refractivity contribution is 0.442. The average molecular weight is 470 g/mol. The van der Waals surface area contributed by atoms with E-state index < -0.39 is 0 Å². The number of thiophene rings is 2. The molecule has 0 unspecified atom stereocenters. The first-order valence-electron chi connectivity index (χ1n) is 10.5. The Labute approximate surface area is 197 Å². The number of aryl methyl sites for hydroxylation is 1. The Morgan fingerprint density at radius 1 is 0.909 bits per heavy atom. The van der Waals surface area contributed by atoms with Crippen LogP contribution in [0.2, 0.25) is 0 Å². The molecule has 162 valence electrons. The fourth-order valence-electron chi connectivity index (χ4n) is 3.92. The van der Waals surface area contributed by atoms with Crippen molar-refractivity contribution in [2.75, 3.05) is 0 Å². The van der Waals surface area contributed by atoms with Crippen molar-refractivity contribution in [2.45, 2.75) is 13.3 Å². The first-order chi connectivity index (χ1) is 16.0. The Balaban J connectivity index is 1.55. The van der Waals surface area contributed by atoms with E-state index in [1.54, 1.807) is 39.2 Å². The summed E-state index contributed by atoms with van der Waals surface area (Å²) in [6.07, 6.45) is 2.34. The Kier molecular flexibility index (Phi) is 4.67. The van der Waals surface area contributed by atoms with E-state index in [2.05, 4.69) is 48.7 Å². The standard InChI is InChI=1S/C26H19N3O2S2/c1-15-2-4-16(5-3-15)12-19-26(31)29-14-20(17-6-8-18(30)9-7-17)27-24(25(29)28-19)23-13-22-21(33-23)10-11-32-22/h2-11,13-14,30-31H,12H2,1H3. The van der Waals surface area contributed by atoms with Crippen LogP contribution in [-0.2, 0) is 6.42 Å². The summed E-state index contributed by atoms with van der Waals surface area (Å²) in [6, 6.07) is 19.4. The van der Waals surface area contributed by atoms with Gasteiger partial charge in [-0.1, -0.05) is 29.8 Å². The molecule has 0 saturated carbocycles. The second-order valence-electron chi connectivity index (χ2n) is 8.02. The summed E-state index contributed by atoms with van der Waals surface area (Å²) in [4.78, 5) is 10.8. The van der Waals surface area contributed by atoms with E-state index in [1.807, 2.05) is 18.3 Å². The topological polar surface area (TPSA) is 70.7 Å². The van der Waals surface area contributed by atoms with Gasteiger partial charge in [-0.25, -0.2) is 9.97 Å². The number of benzene rings is 2. The first-order valence-corrected chi connectivity index (χ1v) is 12.2. The molecule has 5 nitrogen and oxygen atoms in total. The normalized spacial score (nSPS) is 11.5. The van der Waals surface area contributed by atoms with Crippen molar-refractivity contribution in [3.8, 4) is 33.5 Å². The summed E-state index contributed by atoms with van der Waals surface area (Å²) in [5.74, 6) is 0.317. The quantitative estimate of drug-likeness (QED) is 0.303. The lowest BCUT2D eigenvalue weighted by Crippen LogP contribution is -1.95. The fraction of sp³-hybridized carbons (Fsp3) is 0.0769. The van der Waals surface area contributed by atoms with Gasteiger partial charge < -0.3 is 10.2 Å². The number of aromatic nitrogens is 3. The van der Waals surface area contributed by atoms with Gasteiger partial charge in [0.15, 0.2) is 5.65 Å². The highest BCUT2D eigenvalue weighted by Gasteiger charge is 2.20. The molecule has 0 aliphatic carbocycles. The van der Waals surface area contributed by atoms with E-state index in [0.29, 0.717) is 23.5 Å². The van der Waals surface area contributed by atoms with Crippen LogP contribution in [0.3, 0.4) is 0 Å². The molecule has 6 aromatic rings.